The number of ether oxygens (including phenoxy) is 7. The fraction of sp³-hybridized carbons (Fsp3) is 0.808. The number of fused-ring (bicyclic) bond motifs is 3. The summed E-state index contributed by atoms with van der Waals surface area (Å²) in [6, 6.07) is 0. The van der Waals surface area contributed by atoms with Crippen molar-refractivity contribution in [1.82, 2.24) is 5.32 Å². The van der Waals surface area contributed by atoms with Crippen molar-refractivity contribution in [2.24, 2.45) is 28.1 Å². The fourth-order valence-electron chi connectivity index (χ4n) is 13.5. The summed E-state index contributed by atoms with van der Waals surface area (Å²) in [6.45, 7) is 5.28. The van der Waals surface area contributed by atoms with Gasteiger partial charge in [-0.25, -0.2) is 0 Å². The third kappa shape index (κ3) is 13.3. The van der Waals surface area contributed by atoms with Crippen LogP contribution < -0.4 is 5.32 Å². The van der Waals surface area contributed by atoms with Crippen molar-refractivity contribution in [1.29, 1.82) is 0 Å². The van der Waals surface area contributed by atoms with E-state index in [1.807, 2.05) is 0 Å². The first kappa shape index (κ1) is 66.2. The Labute approximate surface area is 465 Å². The van der Waals surface area contributed by atoms with Crippen LogP contribution in [0.15, 0.2) is 46.6 Å². The number of aliphatic hydroxyl groups is 19. The van der Waals surface area contributed by atoms with Crippen LogP contribution in [-0.4, -0.2) is 246 Å². The molecule has 0 radical (unpaired) electrons. The number of carbonyl (C=O) groups excluding carboxylic acids is 2. The van der Waals surface area contributed by atoms with Crippen molar-refractivity contribution >= 4 is 11.9 Å². The Bertz CT molecular complexity index is 2280. The van der Waals surface area contributed by atoms with Gasteiger partial charge in [-0.1, -0.05) is 19.9 Å². The highest BCUT2D eigenvalue weighted by Gasteiger charge is 2.69. The molecular weight excluding hydrogens is 1090 g/mol. The number of hydrogen-bond donors (Lipinski definition) is 20. The van der Waals surface area contributed by atoms with Gasteiger partial charge in [0, 0.05) is 46.0 Å². The Kier molecular flexibility index (Phi) is 22.1. The van der Waals surface area contributed by atoms with E-state index >= 15 is 0 Å². The first-order chi connectivity index (χ1) is 38.0. The average molecular weight is 1170 g/mol. The molecule has 464 valence electrons. The van der Waals surface area contributed by atoms with E-state index in [2.05, 4.69) is 18.8 Å². The van der Waals surface area contributed by atoms with Crippen LogP contribution >= 0.6 is 0 Å². The van der Waals surface area contributed by atoms with Gasteiger partial charge in [-0.3, -0.25) is 9.59 Å². The molecule has 0 aromatic carbocycles. The second-order valence-electron chi connectivity index (χ2n) is 22.7. The molecule has 6 fully saturated rings. The lowest BCUT2D eigenvalue weighted by atomic mass is 9.41. The van der Waals surface area contributed by atoms with Gasteiger partial charge < -0.3 is 135 Å². The standard InChI is InChI=1S/C52H83NO28/c1-22-18-51-13-6-29-49(3,11-5-12-50(29,4)48(74)80-47-41(37(68)35(66)28(20-58)76-47)77-43(71)31(53-23(2)59)32(63)24(60)8-15-54)30(51)7-14-52(22,21-51)81-45(73)42(78-44(72)38(69)33(64)25(61)9-16-55)40(26(62)10-17-56)79-46-39(70)36(67)34(65)27(19-57)75-46/h24-30,34-37,39,41,43-47,54-58,60-73H,1,5-21H2,2-4H3,(H,53,59)/b32-31+,38-33-,42-40+/t24?,25?,26?,27?,28?,29?,30?,34?,35?,36?,37?,39?,41?,43?,44?,45?,46?,47?,49?,50-,51?,52+/m1/s1. The maximum atomic E-state index is 14.9. The quantitative estimate of drug-likeness (QED) is 0.0179. The smallest absolute Gasteiger partial charge is 0.314 e. The van der Waals surface area contributed by atoms with E-state index in [1.165, 1.54) is 0 Å². The molecule has 20 N–H and O–H groups in total. The van der Waals surface area contributed by atoms with Crippen LogP contribution in [0.5, 0.6) is 0 Å². The SMILES string of the molecule is C=C1CC23CCC4C(C)(CCC[C@@]4(C)C(=O)OC4OC(CO)C(O)C(O)C4OC(O)/C(NC(C)=O)=C(\O)C(O)CCO)C2CC[C@]1(OC(O)/C(OC(O)/C(O)=C(/O)C(O)CCO)=C(\OC1OC(CO)C(O)C(O)C1O)C(O)CCO)C3. The zero-order valence-corrected chi connectivity index (χ0v) is 45.3. The van der Waals surface area contributed by atoms with Crippen molar-refractivity contribution in [3.8, 4) is 0 Å². The van der Waals surface area contributed by atoms with Gasteiger partial charge in [0.2, 0.25) is 36.8 Å². The first-order valence-corrected chi connectivity index (χ1v) is 27.0. The highest BCUT2D eigenvalue weighted by Crippen LogP contribution is 2.73. The minimum atomic E-state index is -2.71. The van der Waals surface area contributed by atoms with Crippen molar-refractivity contribution in [3.63, 3.8) is 0 Å². The van der Waals surface area contributed by atoms with E-state index in [0.717, 1.165) is 6.92 Å². The molecule has 1 amide bonds. The van der Waals surface area contributed by atoms with E-state index < -0.39 is 225 Å². The summed E-state index contributed by atoms with van der Waals surface area (Å²) in [4.78, 5) is 27.0. The summed E-state index contributed by atoms with van der Waals surface area (Å²) in [5, 5.41) is 203. The van der Waals surface area contributed by atoms with Gasteiger partial charge in [-0.05, 0) is 86.5 Å². The zero-order valence-electron chi connectivity index (χ0n) is 45.3. The Balaban J connectivity index is 1.30. The van der Waals surface area contributed by atoms with Gasteiger partial charge >= 0.3 is 5.97 Å². The molecule has 29 heteroatoms. The number of aliphatic hydroxyl groups excluding tert-OH is 19. The summed E-state index contributed by atoms with van der Waals surface area (Å²) >= 11 is 0. The lowest BCUT2D eigenvalue weighted by Gasteiger charge is -2.64. The molecule has 22 atom stereocenters. The third-order valence-corrected chi connectivity index (χ3v) is 17.5. The highest BCUT2D eigenvalue weighted by atomic mass is 16.7. The van der Waals surface area contributed by atoms with E-state index in [0.29, 0.717) is 50.5 Å². The molecule has 1 spiro atoms. The van der Waals surface area contributed by atoms with Crippen LogP contribution in [0.3, 0.4) is 0 Å². The number of nitrogens with one attached hydrogen (secondary N) is 1. The topological polar surface area (TPSA) is 495 Å². The monoisotopic (exact) mass is 1170 g/mol. The maximum Gasteiger partial charge on any atom is 0.314 e. The molecule has 29 nitrogen and oxygen atoms in total. The van der Waals surface area contributed by atoms with Crippen LogP contribution in [0.25, 0.3) is 0 Å². The van der Waals surface area contributed by atoms with Crippen LogP contribution in [0.1, 0.15) is 97.8 Å². The Morgan fingerprint density at radius 2 is 1.22 bits per heavy atom. The first-order valence-electron chi connectivity index (χ1n) is 27.0. The Morgan fingerprint density at radius 1 is 0.654 bits per heavy atom. The summed E-state index contributed by atoms with van der Waals surface area (Å²) in [7, 11) is 0. The summed E-state index contributed by atoms with van der Waals surface area (Å²) < 4.78 is 40.8. The molecule has 0 aromatic rings. The van der Waals surface area contributed by atoms with Gasteiger partial charge in [-0.15, -0.1) is 0 Å². The largest absolute Gasteiger partial charge is 0.508 e. The Morgan fingerprint density at radius 3 is 1.81 bits per heavy atom. The van der Waals surface area contributed by atoms with Gasteiger partial charge in [0.05, 0.1) is 24.2 Å². The number of amides is 1. The summed E-state index contributed by atoms with van der Waals surface area (Å²) in [5.41, 5.74) is -4.31. The van der Waals surface area contributed by atoms with E-state index in [4.69, 9.17) is 33.2 Å². The second kappa shape index (κ2) is 27.0. The number of hydrogen-bond acceptors (Lipinski definition) is 28. The van der Waals surface area contributed by atoms with Crippen LogP contribution in [0, 0.1) is 28.1 Å². The van der Waals surface area contributed by atoms with Gasteiger partial charge in [0.15, 0.2) is 23.4 Å². The summed E-state index contributed by atoms with van der Waals surface area (Å²) in [6.07, 6.45) is -30.7. The van der Waals surface area contributed by atoms with Crippen LogP contribution in [0.4, 0.5) is 0 Å². The molecule has 6 rings (SSSR count). The molecule has 2 aliphatic heterocycles. The highest BCUT2D eigenvalue weighted by molar-refractivity contribution is 5.77. The lowest BCUT2D eigenvalue weighted by molar-refractivity contribution is -0.322. The number of esters is 1. The van der Waals surface area contributed by atoms with Crippen molar-refractivity contribution < 1.29 is 140 Å². The van der Waals surface area contributed by atoms with E-state index in [9.17, 15) is 107 Å². The zero-order chi connectivity index (χ0) is 60.3. The summed E-state index contributed by atoms with van der Waals surface area (Å²) in [5.74, 6) is -8.01. The van der Waals surface area contributed by atoms with Crippen molar-refractivity contribution in [3.05, 3.63) is 46.6 Å². The fourth-order valence-corrected chi connectivity index (χ4v) is 13.5. The van der Waals surface area contributed by atoms with Gasteiger partial charge in [-0.2, -0.15) is 0 Å². The maximum absolute atomic E-state index is 14.9. The number of carbonyl (C=O) groups is 2. The molecule has 2 heterocycles. The van der Waals surface area contributed by atoms with Crippen molar-refractivity contribution in [2.45, 2.75) is 202 Å². The van der Waals surface area contributed by atoms with E-state index in [-0.39, 0.29) is 18.8 Å². The molecule has 4 aliphatic carbocycles. The predicted octanol–water partition coefficient (Wildman–Crippen LogP) is -4.07. The normalized spacial score (nSPS) is 39.0. The Hall–Kier alpha value is -3.90. The molecular formula is C52H83NO28. The molecule has 81 heavy (non-hydrogen) atoms. The number of rotatable bonds is 25. The van der Waals surface area contributed by atoms with E-state index in [1.54, 1.807) is 6.92 Å². The second-order valence-corrected chi connectivity index (χ2v) is 22.7. The van der Waals surface area contributed by atoms with Crippen LogP contribution in [0.2, 0.25) is 0 Å². The molecule has 2 saturated heterocycles. The average Bonchev–Trinajstić information content (AvgIpc) is 3.10. The lowest BCUT2D eigenvalue weighted by Crippen LogP contribution is -2.63. The third-order valence-electron chi connectivity index (χ3n) is 17.5. The molecule has 6 aliphatic rings. The van der Waals surface area contributed by atoms with Gasteiger partial charge in [0.25, 0.3) is 6.29 Å². The minimum absolute atomic E-state index is 0.136. The van der Waals surface area contributed by atoms with Crippen LogP contribution in [-0.2, 0) is 42.7 Å². The van der Waals surface area contributed by atoms with Gasteiger partial charge in [0.1, 0.15) is 72.5 Å². The molecule has 20 unspecified atom stereocenters. The predicted molar refractivity (Wildman–Crippen MR) is 269 cm³/mol. The minimum Gasteiger partial charge on any atom is -0.508 e. The molecule has 0 aromatic heterocycles. The molecule has 4 saturated carbocycles. The molecule has 2 bridgehead atoms. The van der Waals surface area contributed by atoms with Crippen molar-refractivity contribution in [2.75, 3.05) is 33.0 Å².